The molecule has 1 atom stereocenters. The molecule has 0 radical (unpaired) electrons. The summed E-state index contributed by atoms with van der Waals surface area (Å²) in [5, 5.41) is 0. The third kappa shape index (κ3) is 3.19. The molecule has 0 aromatic carbocycles. The summed E-state index contributed by atoms with van der Waals surface area (Å²) in [4.78, 5) is 24.4. The van der Waals surface area contributed by atoms with Gasteiger partial charge in [0.2, 0.25) is 5.91 Å². The number of hydrogen-bond donors (Lipinski definition) is 0. The maximum atomic E-state index is 14.5. The zero-order chi connectivity index (χ0) is 18.2. The third-order valence-corrected chi connectivity index (χ3v) is 5.20. The second-order valence-electron chi connectivity index (χ2n) is 7.23. The monoisotopic (exact) mass is 358 g/mol. The van der Waals surface area contributed by atoms with Crippen LogP contribution >= 0.6 is 0 Å². The summed E-state index contributed by atoms with van der Waals surface area (Å²) in [6, 6.07) is 7.17. The van der Waals surface area contributed by atoms with Gasteiger partial charge in [0.1, 0.15) is 0 Å². The SMILES string of the molecule is O=C1N(c2cccnc2)CCC12CN(Cc1ccncc1)CC(F)(F)C2. The van der Waals surface area contributed by atoms with Crippen molar-refractivity contribution in [3.05, 3.63) is 54.6 Å². The number of piperidine rings is 1. The quantitative estimate of drug-likeness (QED) is 0.847. The molecule has 1 amide bonds. The summed E-state index contributed by atoms with van der Waals surface area (Å²) in [6.45, 7) is 0.863. The number of hydrogen-bond acceptors (Lipinski definition) is 4. The van der Waals surface area contributed by atoms with Gasteiger partial charge in [-0.25, -0.2) is 8.78 Å². The van der Waals surface area contributed by atoms with E-state index in [4.69, 9.17) is 0 Å². The molecule has 1 spiro atoms. The normalized spacial score (nSPS) is 25.8. The molecule has 2 aromatic rings. The van der Waals surface area contributed by atoms with E-state index >= 15 is 0 Å². The van der Waals surface area contributed by atoms with Crippen LogP contribution in [0.5, 0.6) is 0 Å². The molecule has 0 N–H and O–H groups in total. The molecule has 1 unspecified atom stereocenters. The molecule has 0 saturated carbocycles. The average molecular weight is 358 g/mol. The molecular weight excluding hydrogens is 338 g/mol. The largest absolute Gasteiger partial charge is 0.310 e. The van der Waals surface area contributed by atoms with Crippen molar-refractivity contribution in [2.24, 2.45) is 5.41 Å². The molecule has 26 heavy (non-hydrogen) atoms. The predicted molar refractivity (Wildman–Crippen MR) is 92.7 cm³/mol. The fourth-order valence-corrected chi connectivity index (χ4v) is 4.17. The lowest BCUT2D eigenvalue weighted by Crippen LogP contribution is -2.55. The van der Waals surface area contributed by atoms with Gasteiger partial charge in [0, 0.05) is 44.6 Å². The van der Waals surface area contributed by atoms with Crippen LogP contribution < -0.4 is 4.90 Å². The highest BCUT2D eigenvalue weighted by molar-refractivity contribution is 6.00. The Kier molecular flexibility index (Phi) is 4.19. The molecule has 0 aliphatic carbocycles. The molecule has 4 heterocycles. The number of anilines is 1. The van der Waals surface area contributed by atoms with Gasteiger partial charge in [0.25, 0.3) is 5.92 Å². The lowest BCUT2D eigenvalue weighted by atomic mass is 9.77. The Hall–Kier alpha value is -2.41. The third-order valence-electron chi connectivity index (χ3n) is 5.20. The standard InChI is InChI=1S/C19H20F2N4O/c20-19(21)12-18(13-24(14-19)11-15-3-7-22-8-4-15)5-9-25(17(18)26)16-2-1-6-23-10-16/h1-4,6-8,10H,5,9,11-14H2. The summed E-state index contributed by atoms with van der Waals surface area (Å²) >= 11 is 0. The Labute approximate surface area is 150 Å². The molecule has 2 aliphatic rings. The van der Waals surface area contributed by atoms with Crippen LogP contribution in [0.15, 0.2) is 49.1 Å². The molecule has 5 nitrogen and oxygen atoms in total. The average Bonchev–Trinajstić information content (AvgIpc) is 2.91. The van der Waals surface area contributed by atoms with Crippen LogP contribution in [-0.2, 0) is 11.3 Å². The first-order chi connectivity index (χ1) is 12.5. The van der Waals surface area contributed by atoms with Crippen molar-refractivity contribution >= 4 is 11.6 Å². The second kappa shape index (κ2) is 6.39. The van der Waals surface area contributed by atoms with Crippen LogP contribution in [-0.4, -0.2) is 46.3 Å². The van der Waals surface area contributed by atoms with Crippen LogP contribution in [0, 0.1) is 5.41 Å². The number of nitrogens with zero attached hydrogens (tertiary/aromatic N) is 4. The lowest BCUT2D eigenvalue weighted by Gasteiger charge is -2.42. The molecule has 136 valence electrons. The van der Waals surface area contributed by atoms with Gasteiger partial charge in [-0.1, -0.05) is 0 Å². The van der Waals surface area contributed by atoms with Crippen LogP contribution in [0.25, 0.3) is 0 Å². The topological polar surface area (TPSA) is 49.3 Å². The minimum atomic E-state index is -2.88. The maximum Gasteiger partial charge on any atom is 0.261 e. The van der Waals surface area contributed by atoms with Crippen molar-refractivity contribution in [2.45, 2.75) is 25.3 Å². The minimum absolute atomic E-state index is 0.218. The molecule has 2 fully saturated rings. The maximum absolute atomic E-state index is 14.5. The molecule has 2 aliphatic heterocycles. The molecule has 7 heteroatoms. The summed E-state index contributed by atoms with van der Waals surface area (Å²) in [6.07, 6.45) is 6.58. The second-order valence-corrected chi connectivity index (χ2v) is 7.23. The van der Waals surface area contributed by atoms with E-state index in [1.807, 2.05) is 12.1 Å². The van der Waals surface area contributed by atoms with Crippen molar-refractivity contribution < 1.29 is 13.6 Å². The van der Waals surface area contributed by atoms with E-state index in [2.05, 4.69) is 9.97 Å². The van der Waals surface area contributed by atoms with Gasteiger partial charge in [-0.15, -0.1) is 0 Å². The minimum Gasteiger partial charge on any atom is -0.310 e. The Morgan fingerprint density at radius 3 is 2.62 bits per heavy atom. The van der Waals surface area contributed by atoms with Crippen molar-refractivity contribution in [3.8, 4) is 0 Å². The lowest BCUT2D eigenvalue weighted by molar-refractivity contribution is -0.147. The number of aromatic nitrogens is 2. The van der Waals surface area contributed by atoms with Crippen LogP contribution in [0.2, 0.25) is 0 Å². The molecule has 0 bridgehead atoms. The Balaban J connectivity index is 1.58. The van der Waals surface area contributed by atoms with Crippen molar-refractivity contribution in [3.63, 3.8) is 0 Å². The van der Waals surface area contributed by atoms with E-state index in [-0.39, 0.29) is 18.9 Å². The first-order valence-corrected chi connectivity index (χ1v) is 8.69. The number of rotatable bonds is 3. The van der Waals surface area contributed by atoms with Gasteiger partial charge in [0.15, 0.2) is 0 Å². The Morgan fingerprint density at radius 1 is 1.08 bits per heavy atom. The van der Waals surface area contributed by atoms with Crippen molar-refractivity contribution in [2.75, 3.05) is 24.5 Å². The van der Waals surface area contributed by atoms with Gasteiger partial charge in [-0.05, 0) is 36.2 Å². The molecule has 4 rings (SSSR count). The van der Waals surface area contributed by atoms with E-state index in [9.17, 15) is 13.6 Å². The number of halogens is 2. The fraction of sp³-hybridized carbons (Fsp3) is 0.421. The molecule has 2 saturated heterocycles. The van der Waals surface area contributed by atoms with Crippen molar-refractivity contribution in [1.29, 1.82) is 0 Å². The number of alkyl halides is 2. The first kappa shape index (κ1) is 17.0. The van der Waals surface area contributed by atoms with Gasteiger partial charge in [0.05, 0.1) is 23.8 Å². The Morgan fingerprint density at radius 2 is 1.88 bits per heavy atom. The summed E-state index contributed by atoms with van der Waals surface area (Å²) < 4.78 is 29.0. The van der Waals surface area contributed by atoms with Gasteiger partial charge < -0.3 is 4.90 Å². The number of amides is 1. The van der Waals surface area contributed by atoms with Crippen molar-refractivity contribution in [1.82, 2.24) is 14.9 Å². The highest BCUT2D eigenvalue weighted by Crippen LogP contribution is 2.46. The van der Waals surface area contributed by atoms with E-state index < -0.39 is 11.3 Å². The van der Waals surface area contributed by atoms with Crippen LogP contribution in [0.3, 0.4) is 0 Å². The molecule has 2 aromatic heterocycles. The van der Waals surface area contributed by atoms with Gasteiger partial charge in [-0.3, -0.25) is 19.7 Å². The van der Waals surface area contributed by atoms with E-state index in [0.29, 0.717) is 31.7 Å². The predicted octanol–water partition coefficient (Wildman–Crippen LogP) is 2.74. The smallest absolute Gasteiger partial charge is 0.261 e. The number of likely N-dealkylation sites (tertiary alicyclic amines) is 1. The van der Waals surface area contributed by atoms with Crippen LogP contribution in [0.4, 0.5) is 14.5 Å². The zero-order valence-electron chi connectivity index (χ0n) is 14.3. The summed E-state index contributed by atoms with van der Waals surface area (Å²) in [5.74, 6) is -3.10. The number of carbonyl (C=O) groups excluding carboxylic acids is 1. The Bertz CT molecular complexity index is 787. The fourth-order valence-electron chi connectivity index (χ4n) is 4.17. The summed E-state index contributed by atoms with van der Waals surface area (Å²) in [5.41, 5.74) is 0.552. The number of pyridine rings is 2. The van der Waals surface area contributed by atoms with E-state index in [0.717, 1.165) is 5.56 Å². The van der Waals surface area contributed by atoms with E-state index in [1.54, 1.807) is 46.7 Å². The first-order valence-electron chi connectivity index (χ1n) is 8.69. The molecular formula is C19H20F2N4O. The zero-order valence-corrected chi connectivity index (χ0v) is 14.3. The number of carbonyl (C=O) groups is 1. The summed E-state index contributed by atoms with van der Waals surface area (Å²) in [7, 11) is 0. The highest BCUT2D eigenvalue weighted by atomic mass is 19.3. The van der Waals surface area contributed by atoms with Gasteiger partial charge in [-0.2, -0.15) is 0 Å². The highest BCUT2D eigenvalue weighted by Gasteiger charge is 2.56. The van der Waals surface area contributed by atoms with E-state index in [1.165, 1.54) is 0 Å². The van der Waals surface area contributed by atoms with Crippen LogP contribution in [0.1, 0.15) is 18.4 Å². The van der Waals surface area contributed by atoms with Gasteiger partial charge >= 0.3 is 0 Å².